The van der Waals surface area contributed by atoms with Crippen LogP contribution in [0.2, 0.25) is 0 Å². The molecule has 0 aliphatic heterocycles. The summed E-state index contributed by atoms with van der Waals surface area (Å²) in [7, 11) is 0. The molecule has 1 N–H and O–H groups in total. The lowest BCUT2D eigenvalue weighted by Crippen LogP contribution is -1.99. The van der Waals surface area contributed by atoms with Gasteiger partial charge >= 0.3 is 0 Å². The fourth-order valence-corrected chi connectivity index (χ4v) is 2.63. The van der Waals surface area contributed by atoms with Gasteiger partial charge in [-0.05, 0) is 55.4 Å². The first-order valence-corrected chi connectivity index (χ1v) is 9.42. The first-order chi connectivity index (χ1) is 10.6. The van der Waals surface area contributed by atoms with E-state index in [0.29, 0.717) is 5.75 Å². The van der Waals surface area contributed by atoms with Gasteiger partial charge in [0.25, 0.3) is 0 Å². The van der Waals surface area contributed by atoms with E-state index in [2.05, 4.69) is 34.6 Å². The van der Waals surface area contributed by atoms with E-state index in [1.54, 1.807) is 0 Å². The standard InChI is InChI=1S/C15H24O.C6H14/c1-4-6-8-13-12(3)10-11-15(16)14(13)9-7-5-2;1-3-5-6-4-2/h10-11,16H,4-9H2,1-3H3;3-6H2,1-2H3. The number of benzene rings is 1. The Morgan fingerprint density at radius 3 is 1.59 bits per heavy atom. The molecule has 0 fully saturated rings. The van der Waals surface area contributed by atoms with E-state index in [0.717, 1.165) is 19.3 Å². The third-order valence-corrected chi connectivity index (χ3v) is 4.16. The van der Waals surface area contributed by atoms with Gasteiger partial charge in [0, 0.05) is 0 Å². The number of aromatic hydroxyl groups is 1. The lowest BCUT2D eigenvalue weighted by Gasteiger charge is -2.14. The average Bonchev–Trinajstić information content (AvgIpc) is 2.53. The third kappa shape index (κ3) is 8.46. The summed E-state index contributed by atoms with van der Waals surface area (Å²) < 4.78 is 0. The largest absolute Gasteiger partial charge is 0.508 e. The van der Waals surface area contributed by atoms with Crippen molar-refractivity contribution in [1.82, 2.24) is 0 Å². The molecule has 1 heteroatoms. The lowest BCUT2D eigenvalue weighted by atomic mass is 9.93. The van der Waals surface area contributed by atoms with Gasteiger partial charge in [0.05, 0.1) is 0 Å². The zero-order valence-electron chi connectivity index (χ0n) is 15.7. The zero-order chi connectivity index (χ0) is 16.8. The van der Waals surface area contributed by atoms with Crippen molar-refractivity contribution in [3.63, 3.8) is 0 Å². The molecule has 0 aliphatic carbocycles. The summed E-state index contributed by atoms with van der Waals surface area (Å²) in [6.45, 7) is 11.0. The molecule has 1 nitrogen and oxygen atoms in total. The van der Waals surface area contributed by atoms with Crippen LogP contribution in [0.15, 0.2) is 12.1 Å². The smallest absolute Gasteiger partial charge is 0.119 e. The second-order valence-electron chi connectivity index (χ2n) is 6.27. The van der Waals surface area contributed by atoms with Gasteiger partial charge in [-0.15, -0.1) is 0 Å². The summed E-state index contributed by atoms with van der Waals surface area (Å²) in [6.07, 6.45) is 12.4. The van der Waals surface area contributed by atoms with Gasteiger partial charge in [-0.3, -0.25) is 0 Å². The molecular weight excluding hydrogens is 268 g/mol. The van der Waals surface area contributed by atoms with Crippen molar-refractivity contribution in [2.24, 2.45) is 0 Å². The highest BCUT2D eigenvalue weighted by Gasteiger charge is 2.09. The Bertz CT molecular complexity index is 345. The van der Waals surface area contributed by atoms with Crippen LogP contribution in [0, 0.1) is 6.92 Å². The summed E-state index contributed by atoms with van der Waals surface area (Å²) in [5.41, 5.74) is 3.91. The normalized spacial score (nSPS) is 10.2. The molecule has 0 heterocycles. The van der Waals surface area contributed by atoms with E-state index in [1.165, 1.54) is 61.6 Å². The molecule has 0 unspecified atom stereocenters. The lowest BCUT2D eigenvalue weighted by molar-refractivity contribution is 0.465. The molecule has 128 valence electrons. The van der Waals surface area contributed by atoms with Crippen molar-refractivity contribution in [3.8, 4) is 5.75 Å². The number of unbranched alkanes of at least 4 members (excludes halogenated alkanes) is 5. The van der Waals surface area contributed by atoms with Crippen molar-refractivity contribution in [2.45, 2.75) is 98.8 Å². The molecule has 1 rings (SSSR count). The topological polar surface area (TPSA) is 20.2 Å². The Hall–Kier alpha value is -0.980. The van der Waals surface area contributed by atoms with Gasteiger partial charge in [0.15, 0.2) is 0 Å². The highest BCUT2D eigenvalue weighted by Crippen LogP contribution is 2.27. The van der Waals surface area contributed by atoms with Crippen molar-refractivity contribution < 1.29 is 5.11 Å². The Kier molecular flexibility index (Phi) is 13.1. The molecule has 0 spiro atoms. The predicted octanol–water partition coefficient (Wildman–Crippen LogP) is 6.97. The molecule has 1 aromatic carbocycles. The zero-order valence-corrected chi connectivity index (χ0v) is 15.7. The maximum Gasteiger partial charge on any atom is 0.119 e. The summed E-state index contributed by atoms with van der Waals surface area (Å²) in [4.78, 5) is 0. The van der Waals surface area contributed by atoms with E-state index in [4.69, 9.17) is 0 Å². The molecule has 1 aromatic rings. The SMILES string of the molecule is CCCCCC.CCCCc1c(C)ccc(O)c1CCCC. The van der Waals surface area contributed by atoms with E-state index in [9.17, 15) is 5.11 Å². The highest BCUT2D eigenvalue weighted by atomic mass is 16.3. The minimum atomic E-state index is 0.491. The predicted molar refractivity (Wildman–Crippen MR) is 99.9 cm³/mol. The van der Waals surface area contributed by atoms with E-state index >= 15 is 0 Å². The summed E-state index contributed by atoms with van der Waals surface area (Å²) >= 11 is 0. The van der Waals surface area contributed by atoms with Crippen LogP contribution in [0.4, 0.5) is 0 Å². The van der Waals surface area contributed by atoms with Crippen LogP contribution in [-0.2, 0) is 12.8 Å². The quantitative estimate of drug-likeness (QED) is 0.488. The van der Waals surface area contributed by atoms with Crippen LogP contribution >= 0.6 is 0 Å². The minimum Gasteiger partial charge on any atom is -0.508 e. The van der Waals surface area contributed by atoms with E-state index in [-0.39, 0.29) is 0 Å². The monoisotopic (exact) mass is 306 g/mol. The number of phenolic OH excluding ortho intramolecular Hbond substituents is 1. The average molecular weight is 307 g/mol. The van der Waals surface area contributed by atoms with Gasteiger partial charge in [-0.1, -0.05) is 72.3 Å². The molecule has 0 bridgehead atoms. The number of hydrogen-bond donors (Lipinski definition) is 1. The Balaban J connectivity index is 0.000000626. The second-order valence-corrected chi connectivity index (χ2v) is 6.27. The highest BCUT2D eigenvalue weighted by molar-refractivity contribution is 5.44. The van der Waals surface area contributed by atoms with E-state index in [1.807, 2.05) is 12.1 Å². The molecule has 0 atom stereocenters. The third-order valence-electron chi connectivity index (χ3n) is 4.16. The first kappa shape index (κ1) is 21.0. The van der Waals surface area contributed by atoms with Crippen LogP contribution in [0.3, 0.4) is 0 Å². The van der Waals surface area contributed by atoms with Gasteiger partial charge in [-0.25, -0.2) is 0 Å². The van der Waals surface area contributed by atoms with Crippen LogP contribution in [0.1, 0.15) is 95.8 Å². The number of hydrogen-bond acceptors (Lipinski definition) is 1. The van der Waals surface area contributed by atoms with Crippen molar-refractivity contribution in [2.75, 3.05) is 0 Å². The minimum absolute atomic E-state index is 0.491. The maximum atomic E-state index is 9.94. The molecule has 0 saturated carbocycles. The molecule has 0 amide bonds. The summed E-state index contributed by atoms with van der Waals surface area (Å²) in [5, 5.41) is 9.94. The summed E-state index contributed by atoms with van der Waals surface area (Å²) in [6, 6.07) is 3.88. The number of phenols is 1. The second kappa shape index (κ2) is 13.7. The van der Waals surface area contributed by atoms with Crippen molar-refractivity contribution >= 4 is 0 Å². The van der Waals surface area contributed by atoms with Gasteiger partial charge in [-0.2, -0.15) is 0 Å². The van der Waals surface area contributed by atoms with Crippen LogP contribution in [0.25, 0.3) is 0 Å². The van der Waals surface area contributed by atoms with Crippen molar-refractivity contribution in [3.05, 3.63) is 28.8 Å². The molecular formula is C21H38O. The molecule has 22 heavy (non-hydrogen) atoms. The molecule has 0 aromatic heterocycles. The van der Waals surface area contributed by atoms with Crippen LogP contribution < -0.4 is 0 Å². The van der Waals surface area contributed by atoms with Gasteiger partial charge in [0.1, 0.15) is 5.75 Å². The Morgan fingerprint density at radius 2 is 1.14 bits per heavy atom. The fraction of sp³-hybridized carbons (Fsp3) is 0.714. The maximum absolute atomic E-state index is 9.94. The van der Waals surface area contributed by atoms with Crippen molar-refractivity contribution in [1.29, 1.82) is 0 Å². The Labute approximate surface area is 139 Å². The van der Waals surface area contributed by atoms with Gasteiger partial charge in [0.2, 0.25) is 0 Å². The summed E-state index contributed by atoms with van der Waals surface area (Å²) in [5.74, 6) is 0.491. The van der Waals surface area contributed by atoms with Gasteiger partial charge < -0.3 is 5.11 Å². The number of rotatable bonds is 9. The van der Waals surface area contributed by atoms with Crippen LogP contribution in [-0.4, -0.2) is 5.11 Å². The molecule has 0 radical (unpaired) electrons. The van der Waals surface area contributed by atoms with Crippen LogP contribution in [0.5, 0.6) is 5.75 Å². The fourth-order valence-electron chi connectivity index (χ4n) is 2.63. The molecule has 0 saturated heterocycles. The first-order valence-electron chi connectivity index (χ1n) is 9.42. The number of aryl methyl sites for hydroxylation is 1. The molecule has 0 aliphatic rings. The van der Waals surface area contributed by atoms with E-state index < -0.39 is 0 Å². The Morgan fingerprint density at radius 1 is 0.682 bits per heavy atom.